The van der Waals surface area contributed by atoms with Crippen LogP contribution in [0.3, 0.4) is 0 Å². The van der Waals surface area contributed by atoms with Gasteiger partial charge in [-0.05, 0) is 33.1 Å². The molecule has 0 radical (unpaired) electrons. The summed E-state index contributed by atoms with van der Waals surface area (Å²) in [6, 6.07) is 0. The zero-order valence-electron chi connectivity index (χ0n) is 12.3. The number of thiazole rings is 1. The van der Waals surface area contributed by atoms with Gasteiger partial charge in [-0.15, -0.1) is 11.3 Å². The highest BCUT2D eigenvalue weighted by Gasteiger charge is 2.32. The largest absolute Gasteiger partial charge is 0.481 e. The lowest BCUT2D eigenvalue weighted by Crippen LogP contribution is -2.33. The molecular formula is C14H22N2O3S. The molecule has 1 atom stereocenters. The molecular weight excluding hydrogens is 276 g/mol. The van der Waals surface area contributed by atoms with Gasteiger partial charge in [0.15, 0.2) is 5.13 Å². The molecule has 1 N–H and O–H groups in total. The van der Waals surface area contributed by atoms with E-state index in [1.54, 1.807) is 13.8 Å². The highest BCUT2D eigenvalue weighted by molar-refractivity contribution is 7.13. The Labute approximate surface area is 123 Å². The van der Waals surface area contributed by atoms with Gasteiger partial charge in [-0.2, -0.15) is 0 Å². The van der Waals surface area contributed by atoms with Crippen molar-refractivity contribution < 1.29 is 14.6 Å². The van der Waals surface area contributed by atoms with E-state index in [-0.39, 0.29) is 6.10 Å². The van der Waals surface area contributed by atoms with Gasteiger partial charge >= 0.3 is 5.97 Å². The molecule has 0 bridgehead atoms. The van der Waals surface area contributed by atoms with Gasteiger partial charge in [0.25, 0.3) is 0 Å². The number of nitrogens with zero attached hydrogens (tertiary/aromatic N) is 2. The first kappa shape index (κ1) is 15.3. The Morgan fingerprint density at radius 1 is 1.60 bits per heavy atom. The fourth-order valence-electron chi connectivity index (χ4n) is 2.17. The molecule has 112 valence electrons. The number of carboxylic acid groups (broad SMARTS) is 1. The maximum atomic E-state index is 11.2. The van der Waals surface area contributed by atoms with Crippen molar-refractivity contribution in [3.63, 3.8) is 0 Å². The first-order valence-electron chi connectivity index (χ1n) is 6.93. The predicted octanol–water partition coefficient (Wildman–Crippen LogP) is 2.51. The van der Waals surface area contributed by atoms with Gasteiger partial charge in [0.1, 0.15) is 5.41 Å². The Morgan fingerprint density at radius 2 is 2.35 bits per heavy atom. The lowest BCUT2D eigenvalue weighted by Gasteiger charge is -2.27. The van der Waals surface area contributed by atoms with Gasteiger partial charge in [0.2, 0.25) is 0 Å². The van der Waals surface area contributed by atoms with E-state index in [1.807, 2.05) is 12.4 Å². The van der Waals surface area contributed by atoms with Crippen LogP contribution in [-0.4, -0.2) is 42.4 Å². The fraction of sp³-hybridized carbons (Fsp3) is 0.714. The zero-order chi connectivity index (χ0) is 14.8. The van der Waals surface area contributed by atoms with Gasteiger partial charge in [-0.1, -0.05) is 0 Å². The van der Waals surface area contributed by atoms with Crippen LogP contribution in [0.1, 0.15) is 38.8 Å². The van der Waals surface area contributed by atoms with Crippen molar-refractivity contribution in [3.8, 4) is 0 Å². The smallest absolute Gasteiger partial charge is 0.315 e. The second-order valence-corrected chi connectivity index (χ2v) is 6.65. The predicted molar refractivity (Wildman–Crippen MR) is 79.6 cm³/mol. The fourth-order valence-corrected chi connectivity index (χ4v) is 3.14. The number of hydrogen-bond donors (Lipinski definition) is 1. The summed E-state index contributed by atoms with van der Waals surface area (Å²) < 4.78 is 5.72. The summed E-state index contributed by atoms with van der Waals surface area (Å²) in [4.78, 5) is 17.8. The first-order valence-corrected chi connectivity index (χ1v) is 7.81. The molecule has 0 saturated carbocycles. The van der Waals surface area contributed by atoms with Gasteiger partial charge in [-0.3, -0.25) is 4.79 Å². The Bertz CT molecular complexity index is 467. The molecule has 0 spiro atoms. The van der Waals surface area contributed by atoms with Gasteiger partial charge in [-0.25, -0.2) is 4.98 Å². The molecule has 5 nitrogen and oxygen atoms in total. The quantitative estimate of drug-likeness (QED) is 0.905. The third-order valence-electron chi connectivity index (χ3n) is 3.75. The average molecular weight is 298 g/mol. The Kier molecular flexibility index (Phi) is 4.65. The topological polar surface area (TPSA) is 62.7 Å². The van der Waals surface area contributed by atoms with Crippen molar-refractivity contribution in [1.29, 1.82) is 0 Å². The van der Waals surface area contributed by atoms with Crippen molar-refractivity contribution >= 4 is 22.4 Å². The summed E-state index contributed by atoms with van der Waals surface area (Å²) >= 11 is 1.49. The molecule has 1 aromatic heterocycles. The van der Waals surface area contributed by atoms with Crippen molar-refractivity contribution in [2.45, 2.75) is 44.6 Å². The third kappa shape index (κ3) is 3.30. The van der Waals surface area contributed by atoms with Crippen LogP contribution in [-0.2, 0) is 14.9 Å². The molecule has 2 rings (SSSR count). The van der Waals surface area contributed by atoms with Crippen molar-refractivity contribution in [3.05, 3.63) is 11.1 Å². The summed E-state index contributed by atoms with van der Waals surface area (Å²) in [6.07, 6.45) is 3.71. The monoisotopic (exact) mass is 298 g/mol. The minimum Gasteiger partial charge on any atom is -0.481 e. The molecule has 0 amide bonds. The zero-order valence-corrected chi connectivity index (χ0v) is 13.1. The van der Waals surface area contributed by atoms with E-state index in [0.717, 1.165) is 31.1 Å². The van der Waals surface area contributed by atoms with Gasteiger partial charge in [0, 0.05) is 25.6 Å². The standard InChI is InChI=1S/C14H22N2O3S/c1-14(2,12(17)18)11-9-20-13(15-11)16(3)8-10-6-4-5-7-19-10/h9-10H,4-8H2,1-3H3,(H,17,18). The minimum absolute atomic E-state index is 0.258. The van der Waals surface area contributed by atoms with E-state index in [9.17, 15) is 9.90 Å². The SMILES string of the molecule is CN(CC1CCCCO1)c1nc(C(C)(C)C(=O)O)cs1. The van der Waals surface area contributed by atoms with Crippen LogP contribution in [0, 0.1) is 0 Å². The van der Waals surface area contributed by atoms with Gasteiger partial charge in [0.05, 0.1) is 11.8 Å². The lowest BCUT2D eigenvalue weighted by atomic mass is 9.90. The summed E-state index contributed by atoms with van der Waals surface area (Å²) in [5.74, 6) is -0.854. The third-order valence-corrected chi connectivity index (χ3v) is 4.70. The van der Waals surface area contributed by atoms with Crippen molar-refractivity contribution in [2.75, 3.05) is 25.1 Å². The van der Waals surface area contributed by atoms with Crippen molar-refractivity contribution in [2.24, 2.45) is 0 Å². The summed E-state index contributed by atoms with van der Waals surface area (Å²) in [6.45, 7) is 5.00. The number of rotatable bonds is 5. The Balaban J connectivity index is 2.02. The lowest BCUT2D eigenvalue weighted by molar-refractivity contribution is -0.142. The maximum absolute atomic E-state index is 11.2. The first-order chi connectivity index (χ1) is 9.41. The molecule has 1 fully saturated rings. The number of anilines is 1. The highest BCUT2D eigenvalue weighted by atomic mass is 32.1. The summed E-state index contributed by atoms with van der Waals surface area (Å²) in [5.41, 5.74) is -0.335. The minimum atomic E-state index is -0.947. The van der Waals surface area contributed by atoms with Crippen LogP contribution in [0.2, 0.25) is 0 Å². The number of ether oxygens (including phenoxy) is 1. The average Bonchev–Trinajstić information content (AvgIpc) is 2.90. The molecule has 0 aliphatic carbocycles. The Morgan fingerprint density at radius 3 is 2.95 bits per heavy atom. The van der Waals surface area contributed by atoms with Gasteiger partial charge < -0.3 is 14.7 Å². The number of likely N-dealkylation sites (N-methyl/N-ethyl adjacent to an activating group) is 1. The van der Waals surface area contributed by atoms with E-state index in [0.29, 0.717) is 5.69 Å². The molecule has 1 aromatic rings. The van der Waals surface area contributed by atoms with E-state index in [4.69, 9.17) is 4.74 Å². The maximum Gasteiger partial charge on any atom is 0.315 e. The Hall–Kier alpha value is -1.14. The molecule has 1 aliphatic heterocycles. The van der Waals surface area contributed by atoms with E-state index < -0.39 is 11.4 Å². The number of carbonyl (C=O) groups is 1. The number of aliphatic carboxylic acids is 1. The molecule has 2 heterocycles. The van der Waals surface area contributed by atoms with E-state index >= 15 is 0 Å². The van der Waals surface area contributed by atoms with E-state index in [1.165, 1.54) is 17.8 Å². The molecule has 1 saturated heterocycles. The van der Waals surface area contributed by atoms with Crippen LogP contribution in [0.25, 0.3) is 0 Å². The van der Waals surface area contributed by atoms with Crippen molar-refractivity contribution in [1.82, 2.24) is 4.98 Å². The summed E-state index contributed by atoms with van der Waals surface area (Å²) in [7, 11) is 1.98. The van der Waals surface area contributed by atoms with Crippen LogP contribution < -0.4 is 4.90 Å². The second-order valence-electron chi connectivity index (χ2n) is 5.81. The molecule has 20 heavy (non-hydrogen) atoms. The number of aromatic nitrogens is 1. The molecule has 1 aliphatic rings. The number of carboxylic acids is 1. The summed E-state index contributed by atoms with van der Waals surface area (Å²) in [5, 5.41) is 11.9. The molecule has 0 aromatic carbocycles. The van der Waals surface area contributed by atoms with E-state index in [2.05, 4.69) is 9.88 Å². The second kappa shape index (κ2) is 6.10. The van der Waals surface area contributed by atoms with Crippen LogP contribution in [0.4, 0.5) is 5.13 Å². The highest BCUT2D eigenvalue weighted by Crippen LogP contribution is 2.29. The number of hydrogen-bond acceptors (Lipinski definition) is 5. The van der Waals surface area contributed by atoms with Crippen LogP contribution in [0.15, 0.2) is 5.38 Å². The molecule has 6 heteroatoms. The van der Waals surface area contributed by atoms with Crippen LogP contribution >= 0.6 is 11.3 Å². The normalized spacial score (nSPS) is 19.9. The molecule has 1 unspecified atom stereocenters. The van der Waals surface area contributed by atoms with Crippen LogP contribution in [0.5, 0.6) is 0 Å².